The van der Waals surface area contributed by atoms with E-state index in [4.69, 9.17) is 5.73 Å². The van der Waals surface area contributed by atoms with Crippen molar-refractivity contribution in [2.75, 3.05) is 11.9 Å². The summed E-state index contributed by atoms with van der Waals surface area (Å²) in [5, 5.41) is 7.10. The van der Waals surface area contributed by atoms with Crippen LogP contribution in [0, 0.1) is 0 Å². The normalized spacial score (nSPS) is 18.8. The van der Waals surface area contributed by atoms with E-state index in [0.717, 1.165) is 21.8 Å². The number of hydrogen-bond donors (Lipinski definition) is 3. The third-order valence-electron chi connectivity index (χ3n) is 4.92. The lowest BCUT2D eigenvalue weighted by Crippen LogP contribution is -2.42. The summed E-state index contributed by atoms with van der Waals surface area (Å²) in [6.07, 6.45) is 0. The number of carbonyl (C=O) groups excluding carboxylic acids is 4. The summed E-state index contributed by atoms with van der Waals surface area (Å²) >= 11 is 1.13. The second kappa shape index (κ2) is 7.67. The molecule has 4 N–H and O–H groups in total. The van der Waals surface area contributed by atoms with E-state index >= 15 is 0 Å². The van der Waals surface area contributed by atoms with Gasteiger partial charge in [-0.25, -0.2) is 4.79 Å². The Morgan fingerprint density at radius 2 is 1.86 bits per heavy atom. The van der Waals surface area contributed by atoms with Crippen LogP contribution in [0.1, 0.15) is 48.2 Å². The average Bonchev–Trinajstić information content (AvgIpc) is 3.21. The largest absolute Gasteiger partial charge is 0.366 e. The van der Waals surface area contributed by atoms with Crippen LogP contribution in [0.2, 0.25) is 0 Å². The lowest BCUT2D eigenvalue weighted by Gasteiger charge is -2.22. The number of amides is 5. The molecule has 0 aliphatic carbocycles. The van der Waals surface area contributed by atoms with Gasteiger partial charge in [0.1, 0.15) is 17.1 Å². The van der Waals surface area contributed by atoms with Gasteiger partial charge < -0.3 is 16.4 Å². The molecule has 0 saturated carbocycles. The topological polar surface area (TPSA) is 122 Å². The summed E-state index contributed by atoms with van der Waals surface area (Å²) in [6.45, 7) is 5.27. The van der Waals surface area contributed by atoms with Crippen molar-refractivity contribution in [3.05, 3.63) is 52.4 Å². The van der Waals surface area contributed by atoms with Gasteiger partial charge >= 0.3 is 6.03 Å². The van der Waals surface area contributed by atoms with E-state index in [9.17, 15) is 19.2 Å². The molecule has 0 spiro atoms. The number of rotatable bonds is 6. The highest BCUT2D eigenvalue weighted by molar-refractivity contribution is 7.14. The summed E-state index contributed by atoms with van der Waals surface area (Å²) in [7, 11) is 0. The smallest absolute Gasteiger partial charge is 0.325 e. The molecule has 2 heterocycles. The minimum atomic E-state index is -1.26. The number of hydrogen-bond acceptors (Lipinski definition) is 5. The summed E-state index contributed by atoms with van der Waals surface area (Å²) < 4.78 is 0. The van der Waals surface area contributed by atoms with Crippen molar-refractivity contribution in [3.8, 4) is 0 Å². The monoisotopic (exact) mass is 414 g/mol. The van der Waals surface area contributed by atoms with Crippen LogP contribution in [0.3, 0.4) is 0 Å². The second-order valence-electron chi connectivity index (χ2n) is 7.30. The molecule has 1 aromatic carbocycles. The molecule has 29 heavy (non-hydrogen) atoms. The molecule has 1 aliphatic rings. The maximum atomic E-state index is 13.0. The summed E-state index contributed by atoms with van der Waals surface area (Å²) in [6, 6.07) is 8.30. The van der Waals surface area contributed by atoms with Gasteiger partial charge in [-0.1, -0.05) is 38.1 Å². The zero-order valence-corrected chi connectivity index (χ0v) is 17.1. The summed E-state index contributed by atoms with van der Waals surface area (Å²) in [5.41, 5.74) is 5.93. The number of anilines is 1. The van der Waals surface area contributed by atoms with E-state index in [-0.39, 0.29) is 10.6 Å². The zero-order valence-electron chi connectivity index (χ0n) is 16.3. The molecule has 9 heteroatoms. The van der Waals surface area contributed by atoms with Gasteiger partial charge in [0, 0.05) is 0 Å². The lowest BCUT2D eigenvalue weighted by atomic mass is 9.90. The molecule has 8 nitrogen and oxygen atoms in total. The number of nitrogens with one attached hydrogen (secondary N) is 2. The molecule has 5 amide bonds. The number of benzene rings is 1. The molecule has 1 unspecified atom stereocenters. The van der Waals surface area contributed by atoms with E-state index in [2.05, 4.69) is 24.5 Å². The Kier molecular flexibility index (Phi) is 5.43. The summed E-state index contributed by atoms with van der Waals surface area (Å²) in [5.74, 6) is -1.45. The second-order valence-corrected chi connectivity index (χ2v) is 8.22. The summed E-state index contributed by atoms with van der Waals surface area (Å²) in [4.78, 5) is 50.0. The number of primary amides is 1. The Bertz CT molecular complexity index is 983. The Balaban J connectivity index is 1.75. The SMILES string of the molecule is CC(C)c1ccc(C2(C)NC(=O)N(CC(=O)Nc3sccc3C(N)=O)C2=O)cc1. The van der Waals surface area contributed by atoms with E-state index in [0.29, 0.717) is 11.5 Å². The predicted octanol–water partition coefficient (Wildman–Crippen LogP) is 2.38. The number of nitrogens with zero attached hydrogens (tertiary/aromatic N) is 1. The van der Waals surface area contributed by atoms with E-state index in [1.54, 1.807) is 12.3 Å². The average molecular weight is 414 g/mol. The molecular weight excluding hydrogens is 392 g/mol. The van der Waals surface area contributed by atoms with Crippen molar-refractivity contribution in [1.82, 2.24) is 10.2 Å². The molecule has 0 radical (unpaired) electrons. The number of nitrogens with two attached hydrogens (primary N) is 1. The standard InChI is InChI=1S/C20H22N4O4S/c1-11(2)12-4-6-13(7-5-12)20(3)18(27)24(19(28)23-20)10-15(25)22-17-14(16(21)26)8-9-29-17/h4-9,11H,10H2,1-3H3,(H2,21,26)(H,22,25)(H,23,28). The van der Waals surface area contributed by atoms with E-state index < -0.39 is 35.8 Å². The van der Waals surface area contributed by atoms with Crippen LogP contribution in [0.5, 0.6) is 0 Å². The van der Waals surface area contributed by atoms with Gasteiger partial charge in [0.2, 0.25) is 5.91 Å². The molecule has 3 rings (SSSR count). The van der Waals surface area contributed by atoms with Crippen LogP contribution < -0.4 is 16.4 Å². The van der Waals surface area contributed by atoms with Crippen LogP contribution >= 0.6 is 11.3 Å². The fourth-order valence-electron chi connectivity index (χ4n) is 3.15. The maximum absolute atomic E-state index is 13.0. The quantitative estimate of drug-likeness (QED) is 0.628. The van der Waals surface area contributed by atoms with Crippen LogP contribution in [0.25, 0.3) is 0 Å². The van der Waals surface area contributed by atoms with Gasteiger partial charge in [-0.15, -0.1) is 11.3 Å². The minimum absolute atomic E-state index is 0.177. The molecule has 1 atom stereocenters. The van der Waals surface area contributed by atoms with Crippen molar-refractivity contribution in [2.24, 2.45) is 5.73 Å². The first kappa shape index (κ1) is 20.5. The Morgan fingerprint density at radius 1 is 1.21 bits per heavy atom. The van der Waals surface area contributed by atoms with Crippen molar-refractivity contribution >= 4 is 40.1 Å². The lowest BCUT2D eigenvalue weighted by molar-refractivity contribution is -0.133. The zero-order chi connectivity index (χ0) is 21.3. The number of carbonyl (C=O) groups is 4. The molecule has 152 valence electrons. The minimum Gasteiger partial charge on any atom is -0.366 e. The third kappa shape index (κ3) is 3.86. The van der Waals surface area contributed by atoms with Gasteiger partial charge in [-0.2, -0.15) is 0 Å². The first-order valence-corrected chi connectivity index (χ1v) is 9.93. The maximum Gasteiger partial charge on any atom is 0.325 e. The molecule has 1 aromatic heterocycles. The van der Waals surface area contributed by atoms with Crippen LogP contribution in [-0.4, -0.2) is 35.2 Å². The number of thiophene rings is 1. The first-order valence-electron chi connectivity index (χ1n) is 9.05. The van der Waals surface area contributed by atoms with Crippen LogP contribution in [-0.2, 0) is 15.1 Å². The molecule has 1 saturated heterocycles. The van der Waals surface area contributed by atoms with Gasteiger partial charge in [-0.3, -0.25) is 19.3 Å². The molecule has 0 bridgehead atoms. The van der Waals surface area contributed by atoms with Gasteiger partial charge in [0.15, 0.2) is 0 Å². The van der Waals surface area contributed by atoms with E-state index in [1.807, 2.05) is 24.3 Å². The highest BCUT2D eigenvalue weighted by Gasteiger charge is 2.49. The Labute approximate surface area is 172 Å². The van der Waals surface area contributed by atoms with Crippen molar-refractivity contribution in [3.63, 3.8) is 0 Å². The number of urea groups is 1. The van der Waals surface area contributed by atoms with Crippen LogP contribution in [0.4, 0.5) is 9.80 Å². The number of imide groups is 1. The fraction of sp³-hybridized carbons (Fsp3) is 0.300. The Hall–Kier alpha value is -3.20. The Morgan fingerprint density at radius 3 is 2.45 bits per heavy atom. The molecular formula is C20H22N4O4S. The van der Waals surface area contributed by atoms with Gasteiger partial charge in [0.05, 0.1) is 5.56 Å². The van der Waals surface area contributed by atoms with Crippen molar-refractivity contribution < 1.29 is 19.2 Å². The van der Waals surface area contributed by atoms with Gasteiger partial charge in [-0.05, 0) is 35.4 Å². The molecule has 1 aliphatic heterocycles. The fourth-order valence-corrected chi connectivity index (χ4v) is 3.96. The highest BCUT2D eigenvalue weighted by Crippen LogP contribution is 2.30. The van der Waals surface area contributed by atoms with Crippen LogP contribution in [0.15, 0.2) is 35.7 Å². The molecule has 1 fully saturated rings. The van der Waals surface area contributed by atoms with Crippen molar-refractivity contribution in [2.45, 2.75) is 32.2 Å². The first-order chi connectivity index (χ1) is 13.6. The van der Waals surface area contributed by atoms with Gasteiger partial charge in [0.25, 0.3) is 11.8 Å². The van der Waals surface area contributed by atoms with Crippen molar-refractivity contribution in [1.29, 1.82) is 0 Å². The van der Waals surface area contributed by atoms with E-state index in [1.165, 1.54) is 6.07 Å². The third-order valence-corrected chi connectivity index (χ3v) is 5.74. The predicted molar refractivity (Wildman–Crippen MR) is 110 cm³/mol. The molecule has 2 aromatic rings. The highest BCUT2D eigenvalue weighted by atomic mass is 32.1.